The van der Waals surface area contributed by atoms with Crippen molar-refractivity contribution in [1.29, 1.82) is 0 Å². The Morgan fingerprint density at radius 2 is 1.89 bits per heavy atom. The van der Waals surface area contributed by atoms with E-state index in [1.54, 1.807) is 0 Å². The van der Waals surface area contributed by atoms with E-state index in [-0.39, 0.29) is 11.8 Å². The first-order valence-electron chi connectivity index (χ1n) is 6.51. The van der Waals surface area contributed by atoms with E-state index in [2.05, 4.69) is 5.32 Å². The number of nitrogens with two attached hydrogens (primary N) is 1. The fraction of sp³-hybridized carbons (Fsp3) is 0.769. The van der Waals surface area contributed by atoms with Gasteiger partial charge in [0, 0.05) is 13.5 Å². The Labute approximate surface area is 113 Å². The molecular formula is C13H23N3O3. The molecule has 1 fully saturated rings. The zero-order chi connectivity index (χ0) is 14.8. The van der Waals surface area contributed by atoms with Crippen molar-refractivity contribution < 1.29 is 14.4 Å². The lowest BCUT2D eigenvalue weighted by molar-refractivity contribution is -0.142. The van der Waals surface area contributed by atoms with E-state index >= 15 is 0 Å². The third-order valence-electron chi connectivity index (χ3n) is 3.32. The first-order valence-corrected chi connectivity index (χ1v) is 6.51. The number of likely N-dealkylation sites (tertiary alicyclic amines) is 1. The fourth-order valence-corrected chi connectivity index (χ4v) is 2.34. The van der Waals surface area contributed by atoms with Gasteiger partial charge in [-0.1, -0.05) is 20.8 Å². The van der Waals surface area contributed by atoms with Gasteiger partial charge in [-0.3, -0.25) is 14.4 Å². The molecule has 0 spiro atoms. The van der Waals surface area contributed by atoms with Crippen molar-refractivity contribution in [3.63, 3.8) is 0 Å². The molecule has 1 heterocycles. The van der Waals surface area contributed by atoms with Gasteiger partial charge in [-0.2, -0.15) is 0 Å². The number of nitrogens with one attached hydrogen (secondary N) is 1. The van der Waals surface area contributed by atoms with Crippen LogP contribution in [0.15, 0.2) is 0 Å². The number of amides is 3. The topological polar surface area (TPSA) is 92.5 Å². The van der Waals surface area contributed by atoms with E-state index < -0.39 is 23.4 Å². The molecule has 2 atom stereocenters. The van der Waals surface area contributed by atoms with Crippen molar-refractivity contribution in [2.75, 3.05) is 6.54 Å². The summed E-state index contributed by atoms with van der Waals surface area (Å²) in [5, 5.41) is 2.67. The maximum absolute atomic E-state index is 12.5. The minimum absolute atomic E-state index is 0.232. The Bertz CT molecular complexity index is 387. The Morgan fingerprint density at radius 1 is 1.32 bits per heavy atom. The molecule has 6 heteroatoms. The summed E-state index contributed by atoms with van der Waals surface area (Å²) in [6.45, 7) is 7.52. The summed E-state index contributed by atoms with van der Waals surface area (Å²) < 4.78 is 0. The number of rotatable bonds is 3. The van der Waals surface area contributed by atoms with Crippen LogP contribution in [-0.4, -0.2) is 41.2 Å². The van der Waals surface area contributed by atoms with Crippen LogP contribution in [0, 0.1) is 5.41 Å². The molecule has 2 unspecified atom stereocenters. The summed E-state index contributed by atoms with van der Waals surface area (Å²) in [5.41, 5.74) is 4.89. The summed E-state index contributed by atoms with van der Waals surface area (Å²) >= 11 is 0. The van der Waals surface area contributed by atoms with E-state index in [0.29, 0.717) is 13.0 Å². The molecule has 0 aliphatic carbocycles. The predicted octanol–water partition coefficient (Wildman–Crippen LogP) is 0.0135. The normalized spacial score (nSPS) is 21.1. The molecule has 0 radical (unpaired) electrons. The first kappa shape index (κ1) is 15.5. The van der Waals surface area contributed by atoms with Crippen LogP contribution in [0.25, 0.3) is 0 Å². The third-order valence-corrected chi connectivity index (χ3v) is 3.32. The maximum atomic E-state index is 12.5. The molecule has 3 N–H and O–H groups in total. The second kappa shape index (κ2) is 5.59. The highest BCUT2D eigenvalue weighted by molar-refractivity contribution is 5.92. The molecule has 3 amide bonds. The monoisotopic (exact) mass is 269 g/mol. The Morgan fingerprint density at radius 3 is 2.32 bits per heavy atom. The molecule has 0 bridgehead atoms. The van der Waals surface area contributed by atoms with Crippen molar-refractivity contribution in [2.45, 2.75) is 52.6 Å². The molecule has 6 nitrogen and oxygen atoms in total. The molecule has 1 aliphatic heterocycles. The summed E-state index contributed by atoms with van der Waals surface area (Å²) in [4.78, 5) is 36.7. The lowest BCUT2D eigenvalue weighted by atomic mass is 9.85. The zero-order valence-corrected chi connectivity index (χ0v) is 12.0. The van der Waals surface area contributed by atoms with E-state index in [1.807, 2.05) is 20.8 Å². The number of primary amides is 1. The highest BCUT2D eigenvalue weighted by Gasteiger charge is 2.40. The molecule has 0 aromatic carbocycles. The largest absolute Gasteiger partial charge is 0.368 e. The summed E-state index contributed by atoms with van der Waals surface area (Å²) in [5.74, 6) is -0.978. The van der Waals surface area contributed by atoms with Crippen LogP contribution >= 0.6 is 0 Å². The van der Waals surface area contributed by atoms with Crippen molar-refractivity contribution in [2.24, 2.45) is 11.1 Å². The van der Waals surface area contributed by atoms with Crippen LogP contribution in [0.5, 0.6) is 0 Å². The van der Waals surface area contributed by atoms with Crippen LogP contribution in [0.3, 0.4) is 0 Å². The average molecular weight is 269 g/mol. The summed E-state index contributed by atoms with van der Waals surface area (Å²) in [6, 6.07) is -1.20. The number of hydrogen-bond acceptors (Lipinski definition) is 3. The van der Waals surface area contributed by atoms with Crippen molar-refractivity contribution in [3.8, 4) is 0 Å². The first-order chi connectivity index (χ1) is 8.64. The number of nitrogens with zero attached hydrogens (tertiary/aromatic N) is 1. The van der Waals surface area contributed by atoms with Gasteiger partial charge < -0.3 is 16.0 Å². The Hall–Kier alpha value is -1.59. The van der Waals surface area contributed by atoms with Crippen LogP contribution < -0.4 is 11.1 Å². The van der Waals surface area contributed by atoms with Crippen molar-refractivity contribution in [1.82, 2.24) is 10.2 Å². The molecule has 19 heavy (non-hydrogen) atoms. The van der Waals surface area contributed by atoms with Crippen LogP contribution in [0.4, 0.5) is 0 Å². The number of carbonyl (C=O) groups excluding carboxylic acids is 3. The van der Waals surface area contributed by atoms with Gasteiger partial charge in [0.2, 0.25) is 17.7 Å². The Balaban J connectivity index is 2.93. The van der Waals surface area contributed by atoms with Crippen LogP contribution in [0.2, 0.25) is 0 Å². The molecule has 0 aromatic rings. The molecular weight excluding hydrogens is 246 g/mol. The van der Waals surface area contributed by atoms with E-state index in [1.165, 1.54) is 11.8 Å². The minimum atomic E-state index is -0.648. The van der Waals surface area contributed by atoms with Gasteiger partial charge in [0.15, 0.2) is 0 Å². The SMILES string of the molecule is CC(=O)NC(C(=O)N1CCCC1C(N)=O)C(C)(C)C. The fourth-order valence-electron chi connectivity index (χ4n) is 2.34. The standard InChI is InChI=1S/C13H23N3O3/c1-8(17)15-10(13(2,3)4)12(19)16-7-5-6-9(16)11(14)18/h9-10H,5-7H2,1-4H3,(H2,14,18)(H,15,17). The van der Waals surface area contributed by atoms with Gasteiger partial charge in [-0.25, -0.2) is 0 Å². The van der Waals surface area contributed by atoms with Crippen molar-refractivity contribution >= 4 is 17.7 Å². The molecule has 0 saturated carbocycles. The van der Waals surface area contributed by atoms with Gasteiger partial charge in [0.05, 0.1) is 0 Å². The second-order valence-electron chi connectivity index (χ2n) is 6.09. The van der Waals surface area contributed by atoms with E-state index in [0.717, 1.165) is 6.42 Å². The van der Waals surface area contributed by atoms with Gasteiger partial charge in [-0.05, 0) is 18.3 Å². The van der Waals surface area contributed by atoms with Gasteiger partial charge in [0.1, 0.15) is 12.1 Å². The average Bonchev–Trinajstić information content (AvgIpc) is 2.71. The lowest BCUT2D eigenvalue weighted by Gasteiger charge is -2.34. The lowest BCUT2D eigenvalue weighted by Crippen LogP contribution is -2.57. The van der Waals surface area contributed by atoms with Gasteiger partial charge in [0.25, 0.3) is 0 Å². The Kier molecular flexibility index (Phi) is 4.55. The van der Waals surface area contributed by atoms with Crippen LogP contribution in [0.1, 0.15) is 40.5 Å². The maximum Gasteiger partial charge on any atom is 0.246 e. The van der Waals surface area contributed by atoms with Gasteiger partial charge in [-0.15, -0.1) is 0 Å². The second-order valence-corrected chi connectivity index (χ2v) is 6.09. The third kappa shape index (κ3) is 3.68. The highest BCUT2D eigenvalue weighted by atomic mass is 16.2. The molecule has 1 rings (SSSR count). The van der Waals surface area contributed by atoms with E-state index in [4.69, 9.17) is 5.73 Å². The summed E-state index contributed by atoms with van der Waals surface area (Å²) in [7, 11) is 0. The van der Waals surface area contributed by atoms with Crippen LogP contribution in [-0.2, 0) is 14.4 Å². The number of hydrogen-bond donors (Lipinski definition) is 2. The van der Waals surface area contributed by atoms with E-state index in [9.17, 15) is 14.4 Å². The zero-order valence-electron chi connectivity index (χ0n) is 12.0. The molecule has 1 saturated heterocycles. The molecule has 1 aliphatic rings. The molecule has 108 valence electrons. The van der Waals surface area contributed by atoms with Gasteiger partial charge >= 0.3 is 0 Å². The number of carbonyl (C=O) groups is 3. The summed E-state index contributed by atoms with van der Waals surface area (Å²) in [6.07, 6.45) is 1.36. The highest BCUT2D eigenvalue weighted by Crippen LogP contribution is 2.25. The quantitative estimate of drug-likeness (QED) is 0.756. The predicted molar refractivity (Wildman–Crippen MR) is 71.0 cm³/mol. The smallest absolute Gasteiger partial charge is 0.246 e. The minimum Gasteiger partial charge on any atom is -0.368 e. The molecule has 0 aromatic heterocycles. The van der Waals surface area contributed by atoms with Crippen molar-refractivity contribution in [3.05, 3.63) is 0 Å².